The molecule has 0 aliphatic heterocycles. The Morgan fingerprint density at radius 1 is 1.23 bits per heavy atom. The van der Waals surface area contributed by atoms with Gasteiger partial charge in [-0.3, -0.25) is 0 Å². The molecule has 0 amide bonds. The Hall–Kier alpha value is -1.30. The Labute approximate surface area is 82.7 Å². The van der Waals surface area contributed by atoms with Crippen molar-refractivity contribution in [2.45, 2.75) is 6.92 Å². The lowest BCUT2D eigenvalue weighted by Gasteiger charge is -1.97. The summed E-state index contributed by atoms with van der Waals surface area (Å²) >= 11 is 3.37. The lowest BCUT2D eigenvalue weighted by molar-refractivity contribution is 0.928. The monoisotopic (exact) mass is 239 g/mol. The Kier molecular flexibility index (Phi) is 2.05. The van der Waals surface area contributed by atoms with Crippen molar-refractivity contribution in [1.82, 2.24) is 25.6 Å². The van der Waals surface area contributed by atoms with Crippen LogP contribution in [0, 0.1) is 6.92 Å². The fraction of sp³-hybridized carbons (Fsp3) is 0.143. The van der Waals surface area contributed by atoms with E-state index in [-0.39, 0.29) is 0 Å². The predicted octanol–water partition coefficient (Wildman–Crippen LogP) is 1.33. The molecule has 0 saturated carbocycles. The van der Waals surface area contributed by atoms with Gasteiger partial charge in [-0.25, -0.2) is 0 Å². The summed E-state index contributed by atoms with van der Waals surface area (Å²) in [5.74, 6) is 0. The van der Waals surface area contributed by atoms with Crippen molar-refractivity contribution < 1.29 is 0 Å². The van der Waals surface area contributed by atoms with Gasteiger partial charge in [-0.2, -0.15) is 25.6 Å². The zero-order valence-electron chi connectivity index (χ0n) is 6.82. The number of aromatic amines is 1. The van der Waals surface area contributed by atoms with Crippen LogP contribution in [0.2, 0.25) is 0 Å². The van der Waals surface area contributed by atoms with E-state index in [0.29, 0.717) is 0 Å². The minimum absolute atomic E-state index is 0.793. The van der Waals surface area contributed by atoms with Gasteiger partial charge in [0.25, 0.3) is 0 Å². The Morgan fingerprint density at radius 2 is 2.00 bits per heavy atom. The summed E-state index contributed by atoms with van der Waals surface area (Å²) in [6.45, 7) is 1.88. The molecule has 0 aliphatic rings. The fourth-order valence-electron chi connectivity index (χ4n) is 1.02. The minimum Gasteiger partial charge on any atom is -0.197 e. The van der Waals surface area contributed by atoms with Gasteiger partial charge < -0.3 is 0 Å². The highest BCUT2D eigenvalue weighted by Gasteiger charge is 2.09. The maximum absolute atomic E-state index is 4.01. The molecular formula is C7H6BrN5. The van der Waals surface area contributed by atoms with E-state index in [1.54, 1.807) is 12.4 Å². The van der Waals surface area contributed by atoms with E-state index in [1.165, 1.54) is 0 Å². The van der Waals surface area contributed by atoms with Crippen molar-refractivity contribution in [3.63, 3.8) is 0 Å². The van der Waals surface area contributed by atoms with Crippen LogP contribution in [-0.2, 0) is 0 Å². The van der Waals surface area contributed by atoms with Crippen LogP contribution < -0.4 is 0 Å². The summed E-state index contributed by atoms with van der Waals surface area (Å²) < 4.78 is 0.861. The van der Waals surface area contributed by atoms with Gasteiger partial charge in [-0.05, 0) is 22.9 Å². The van der Waals surface area contributed by atoms with E-state index >= 15 is 0 Å². The average Bonchev–Trinajstić information content (AvgIpc) is 2.52. The van der Waals surface area contributed by atoms with E-state index in [4.69, 9.17) is 0 Å². The molecule has 5 nitrogen and oxygen atoms in total. The van der Waals surface area contributed by atoms with Crippen LogP contribution in [0.4, 0.5) is 0 Å². The first-order valence-corrected chi connectivity index (χ1v) is 4.42. The summed E-state index contributed by atoms with van der Waals surface area (Å²) in [6.07, 6.45) is 3.28. The number of nitrogens with one attached hydrogen (secondary N) is 1. The molecule has 66 valence electrons. The number of aryl methyl sites for hydroxylation is 1. The molecule has 6 heteroatoms. The number of H-pyrrole nitrogens is 1. The van der Waals surface area contributed by atoms with Gasteiger partial charge in [-0.1, -0.05) is 0 Å². The van der Waals surface area contributed by atoms with Crippen molar-refractivity contribution in [2.24, 2.45) is 0 Å². The second-order valence-electron chi connectivity index (χ2n) is 2.51. The van der Waals surface area contributed by atoms with Crippen molar-refractivity contribution in [1.29, 1.82) is 0 Å². The first-order chi connectivity index (χ1) is 6.29. The van der Waals surface area contributed by atoms with Gasteiger partial charge in [-0.15, -0.1) is 0 Å². The molecule has 1 N–H and O–H groups in total. The topological polar surface area (TPSA) is 67.3 Å². The highest BCUT2D eigenvalue weighted by Crippen LogP contribution is 2.25. The average molecular weight is 240 g/mol. The molecule has 0 unspecified atom stereocenters. The Morgan fingerprint density at radius 3 is 2.62 bits per heavy atom. The van der Waals surface area contributed by atoms with Crippen molar-refractivity contribution in [3.8, 4) is 11.3 Å². The van der Waals surface area contributed by atoms with Crippen LogP contribution >= 0.6 is 15.9 Å². The Bertz CT molecular complexity index is 424. The molecule has 13 heavy (non-hydrogen) atoms. The van der Waals surface area contributed by atoms with Crippen LogP contribution in [0.25, 0.3) is 11.3 Å². The van der Waals surface area contributed by atoms with Crippen molar-refractivity contribution >= 4 is 15.9 Å². The molecule has 2 aromatic rings. The van der Waals surface area contributed by atoms with Crippen LogP contribution in [0.1, 0.15) is 5.69 Å². The molecular weight excluding hydrogens is 234 g/mol. The lowest BCUT2D eigenvalue weighted by atomic mass is 10.2. The third-order valence-electron chi connectivity index (χ3n) is 1.66. The van der Waals surface area contributed by atoms with Crippen LogP contribution in [0.3, 0.4) is 0 Å². The third kappa shape index (κ3) is 1.44. The highest BCUT2D eigenvalue weighted by atomic mass is 79.9. The van der Waals surface area contributed by atoms with Gasteiger partial charge in [0.2, 0.25) is 0 Å². The molecule has 0 fully saturated rings. The summed E-state index contributed by atoms with van der Waals surface area (Å²) in [5.41, 5.74) is 2.52. The zero-order valence-corrected chi connectivity index (χ0v) is 8.41. The lowest BCUT2D eigenvalue weighted by Crippen LogP contribution is -1.87. The minimum atomic E-state index is 0.793. The zero-order chi connectivity index (χ0) is 9.26. The maximum atomic E-state index is 4.01. The number of nitrogens with zero attached hydrogens (tertiary/aromatic N) is 4. The van der Waals surface area contributed by atoms with Crippen molar-refractivity contribution in [2.75, 3.05) is 0 Å². The van der Waals surface area contributed by atoms with Crippen LogP contribution in [-0.4, -0.2) is 25.6 Å². The first kappa shape index (κ1) is 8.31. The van der Waals surface area contributed by atoms with Gasteiger partial charge in [0.05, 0.1) is 18.1 Å². The molecule has 2 rings (SSSR count). The summed E-state index contributed by atoms with van der Waals surface area (Å²) in [6, 6.07) is 0. The number of rotatable bonds is 1. The van der Waals surface area contributed by atoms with E-state index in [2.05, 4.69) is 41.5 Å². The maximum Gasteiger partial charge on any atom is 0.118 e. The second kappa shape index (κ2) is 3.21. The summed E-state index contributed by atoms with van der Waals surface area (Å²) in [4.78, 5) is 0. The third-order valence-corrected chi connectivity index (χ3v) is 2.29. The SMILES string of the molecule is Cc1n[nH]nc1-c1cnncc1Br. The molecule has 0 aliphatic carbocycles. The quantitative estimate of drug-likeness (QED) is 0.816. The largest absolute Gasteiger partial charge is 0.197 e. The number of hydrogen-bond donors (Lipinski definition) is 1. The van der Waals surface area contributed by atoms with Crippen molar-refractivity contribution in [3.05, 3.63) is 22.6 Å². The van der Waals surface area contributed by atoms with E-state index in [0.717, 1.165) is 21.4 Å². The smallest absolute Gasteiger partial charge is 0.118 e. The van der Waals surface area contributed by atoms with E-state index in [1.807, 2.05) is 6.92 Å². The fourth-order valence-corrected chi connectivity index (χ4v) is 1.40. The normalized spacial score (nSPS) is 10.3. The molecule has 0 saturated heterocycles. The molecule has 0 atom stereocenters. The highest BCUT2D eigenvalue weighted by molar-refractivity contribution is 9.10. The van der Waals surface area contributed by atoms with Crippen LogP contribution in [0.5, 0.6) is 0 Å². The first-order valence-electron chi connectivity index (χ1n) is 3.63. The van der Waals surface area contributed by atoms with Gasteiger partial charge >= 0.3 is 0 Å². The molecule has 0 aromatic carbocycles. The predicted molar refractivity (Wildman–Crippen MR) is 49.8 cm³/mol. The molecule has 0 radical (unpaired) electrons. The number of hydrogen-bond acceptors (Lipinski definition) is 4. The standard InChI is InChI=1S/C7H6BrN5/c1-4-7(12-13-11-4)5-2-9-10-3-6(5)8/h2-3H,1H3,(H,11,12,13). The molecule has 2 aromatic heterocycles. The molecule has 0 bridgehead atoms. The number of aromatic nitrogens is 5. The van der Waals surface area contributed by atoms with Gasteiger partial charge in [0.1, 0.15) is 5.69 Å². The Balaban J connectivity index is 2.59. The van der Waals surface area contributed by atoms with E-state index < -0.39 is 0 Å². The second-order valence-corrected chi connectivity index (χ2v) is 3.36. The van der Waals surface area contributed by atoms with Gasteiger partial charge in [0, 0.05) is 10.0 Å². The van der Waals surface area contributed by atoms with E-state index in [9.17, 15) is 0 Å². The summed E-state index contributed by atoms with van der Waals surface area (Å²) in [7, 11) is 0. The summed E-state index contributed by atoms with van der Waals surface area (Å²) in [5, 5.41) is 18.0. The van der Waals surface area contributed by atoms with Crippen LogP contribution in [0.15, 0.2) is 16.9 Å². The molecule has 0 spiro atoms. The number of halogens is 1. The molecule has 2 heterocycles. The van der Waals surface area contributed by atoms with Gasteiger partial charge in [0.15, 0.2) is 0 Å².